The van der Waals surface area contributed by atoms with Crippen LogP contribution in [0.5, 0.6) is 11.5 Å². The second-order valence-electron chi connectivity index (χ2n) is 8.76. The van der Waals surface area contributed by atoms with Crippen LogP contribution in [0.3, 0.4) is 0 Å². The smallest absolute Gasteiger partial charge is 0.307 e. The molecule has 10 heteroatoms. The lowest BCUT2D eigenvalue weighted by Crippen LogP contribution is -2.42. The maximum absolute atomic E-state index is 13.9. The van der Waals surface area contributed by atoms with E-state index >= 15 is 0 Å². The molecule has 0 bridgehead atoms. The minimum Gasteiger partial charge on any atom is -0.495 e. The number of methoxy groups -OCH3 is 2. The second kappa shape index (κ2) is 8.83. The van der Waals surface area contributed by atoms with E-state index in [2.05, 4.69) is 5.32 Å². The molecule has 1 heterocycles. The fraction of sp³-hybridized carbons (Fsp3) is 0.417. The number of carboxylic acids is 1. The number of nitrogens with zero attached hydrogens (tertiary/aromatic N) is 1. The summed E-state index contributed by atoms with van der Waals surface area (Å²) in [7, 11) is -1.33. The van der Waals surface area contributed by atoms with Crippen LogP contribution in [0.1, 0.15) is 25.8 Å². The van der Waals surface area contributed by atoms with Crippen molar-refractivity contribution in [2.75, 3.05) is 23.8 Å². The van der Waals surface area contributed by atoms with Crippen molar-refractivity contribution in [3.8, 4) is 11.5 Å². The molecule has 2 aliphatic rings. The van der Waals surface area contributed by atoms with Crippen molar-refractivity contribution in [2.24, 2.45) is 17.8 Å². The molecule has 2 N–H and O–H groups in total. The van der Waals surface area contributed by atoms with Gasteiger partial charge in [0.2, 0.25) is 5.91 Å². The topological polar surface area (TPSA) is 122 Å². The zero-order valence-electron chi connectivity index (χ0n) is 19.4. The summed E-state index contributed by atoms with van der Waals surface area (Å²) >= 11 is 0. The Morgan fingerprint density at radius 3 is 2.35 bits per heavy atom. The van der Waals surface area contributed by atoms with Crippen LogP contribution < -0.4 is 19.1 Å². The Hall–Kier alpha value is -3.27. The number of nitrogens with one attached hydrogen (secondary N) is 1. The van der Waals surface area contributed by atoms with Crippen LogP contribution in [0.4, 0.5) is 11.4 Å². The molecule has 0 saturated heterocycles. The van der Waals surface area contributed by atoms with Gasteiger partial charge in [0.05, 0.1) is 37.4 Å². The molecule has 2 unspecified atom stereocenters. The predicted octanol–water partition coefficient (Wildman–Crippen LogP) is 3.14. The predicted molar refractivity (Wildman–Crippen MR) is 126 cm³/mol. The minimum atomic E-state index is -4.08. The zero-order valence-corrected chi connectivity index (χ0v) is 20.3. The number of rotatable bonds is 7. The van der Waals surface area contributed by atoms with E-state index in [0.29, 0.717) is 12.1 Å². The molecule has 1 amide bonds. The van der Waals surface area contributed by atoms with Gasteiger partial charge in [0.25, 0.3) is 10.0 Å². The van der Waals surface area contributed by atoms with Crippen LogP contribution in [0.2, 0.25) is 0 Å². The molecule has 1 fully saturated rings. The van der Waals surface area contributed by atoms with Gasteiger partial charge in [-0.3, -0.25) is 13.9 Å². The van der Waals surface area contributed by atoms with Crippen molar-refractivity contribution in [1.29, 1.82) is 0 Å². The first kappa shape index (κ1) is 23.9. The Balaban J connectivity index is 1.76. The summed E-state index contributed by atoms with van der Waals surface area (Å²) in [5, 5.41) is 11.9. The molecular weight excluding hydrogens is 460 g/mol. The molecule has 0 radical (unpaired) electrons. The summed E-state index contributed by atoms with van der Waals surface area (Å²) in [6.07, 6.45) is 1.43. The number of ether oxygens (including phenoxy) is 2. The number of carbonyl (C=O) groups excluding carboxylic acids is 1. The molecule has 4 atom stereocenters. The van der Waals surface area contributed by atoms with Crippen LogP contribution in [-0.2, 0) is 26.0 Å². The maximum atomic E-state index is 13.9. The average Bonchev–Trinajstić information content (AvgIpc) is 3.49. The highest BCUT2D eigenvalue weighted by Gasteiger charge is 2.56. The van der Waals surface area contributed by atoms with Gasteiger partial charge in [-0.15, -0.1) is 0 Å². The molecule has 9 nitrogen and oxygen atoms in total. The number of aryl methyl sites for hydroxylation is 1. The summed E-state index contributed by atoms with van der Waals surface area (Å²) in [6.45, 7) is 3.55. The number of hydrogen-bond donors (Lipinski definition) is 2. The number of carboxylic acid groups (broad SMARTS) is 1. The van der Waals surface area contributed by atoms with Crippen molar-refractivity contribution in [2.45, 2.75) is 37.6 Å². The zero-order chi connectivity index (χ0) is 24.8. The Bertz CT molecular complexity index is 1240. The number of anilines is 2. The SMILES string of the molecule is COc1cc(OC)c(S(=O)(=O)N2c3ccccc3CCC2C)cc1NC(=O)[C@@H]1C(C)[C@H]1C(=O)O. The van der Waals surface area contributed by atoms with Crippen molar-refractivity contribution >= 4 is 33.3 Å². The van der Waals surface area contributed by atoms with Crippen LogP contribution >= 0.6 is 0 Å². The first-order valence-electron chi connectivity index (χ1n) is 11.0. The molecule has 0 aromatic heterocycles. The Kier molecular flexibility index (Phi) is 6.20. The van der Waals surface area contributed by atoms with E-state index in [4.69, 9.17) is 9.47 Å². The number of aliphatic carboxylic acids is 1. The third-order valence-corrected chi connectivity index (χ3v) is 8.66. The average molecular weight is 489 g/mol. The van der Waals surface area contributed by atoms with Gasteiger partial charge in [0.15, 0.2) is 0 Å². The maximum Gasteiger partial charge on any atom is 0.307 e. The summed E-state index contributed by atoms with van der Waals surface area (Å²) in [5.41, 5.74) is 1.68. The highest BCUT2D eigenvalue weighted by Crippen LogP contribution is 2.47. The quantitative estimate of drug-likeness (QED) is 0.614. The summed E-state index contributed by atoms with van der Waals surface area (Å²) in [5.74, 6) is -3.02. The Morgan fingerprint density at radius 2 is 1.74 bits per heavy atom. The van der Waals surface area contributed by atoms with Crippen molar-refractivity contribution in [3.05, 3.63) is 42.0 Å². The van der Waals surface area contributed by atoms with E-state index in [1.54, 1.807) is 19.1 Å². The Morgan fingerprint density at radius 1 is 1.06 bits per heavy atom. The van der Waals surface area contributed by atoms with E-state index in [-0.39, 0.29) is 34.0 Å². The van der Waals surface area contributed by atoms with Crippen LogP contribution in [0.15, 0.2) is 41.3 Å². The van der Waals surface area contributed by atoms with E-state index in [0.717, 1.165) is 12.0 Å². The molecule has 0 spiro atoms. The van der Waals surface area contributed by atoms with Crippen LogP contribution in [0.25, 0.3) is 0 Å². The van der Waals surface area contributed by atoms with Crippen molar-refractivity contribution in [3.63, 3.8) is 0 Å². The summed E-state index contributed by atoms with van der Waals surface area (Å²) in [4.78, 5) is 24.0. The van der Waals surface area contributed by atoms with Gasteiger partial charge in [-0.1, -0.05) is 25.1 Å². The highest BCUT2D eigenvalue weighted by atomic mass is 32.2. The lowest BCUT2D eigenvalue weighted by molar-refractivity contribution is -0.140. The number of carbonyl (C=O) groups is 2. The van der Waals surface area contributed by atoms with Crippen molar-refractivity contribution in [1.82, 2.24) is 0 Å². The molecule has 1 aliphatic carbocycles. The van der Waals surface area contributed by atoms with Gasteiger partial charge < -0.3 is 19.9 Å². The van der Waals surface area contributed by atoms with Gasteiger partial charge in [0.1, 0.15) is 16.4 Å². The molecule has 4 rings (SSSR count). The van der Waals surface area contributed by atoms with E-state index < -0.39 is 33.7 Å². The first-order chi connectivity index (χ1) is 16.1. The number of hydrogen-bond acceptors (Lipinski definition) is 6. The minimum absolute atomic E-state index is 0.0771. The molecule has 1 saturated carbocycles. The highest BCUT2D eigenvalue weighted by molar-refractivity contribution is 7.93. The summed E-state index contributed by atoms with van der Waals surface area (Å²) in [6, 6.07) is 9.81. The number of para-hydroxylation sites is 1. The number of amides is 1. The van der Waals surface area contributed by atoms with E-state index in [9.17, 15) is 23.1 Å². The van der Waals surface area contributed by atoms with Crippen LogP contribution in [0, 0.1) is 17.8 Å². The number of benzene rings is 2. The van der Waals surface area contributed by atoms with E-state index in [1.165, 1.54) is 30.7 Å². The molecule has 1 aliphatic heterocycles. The summed E-state index contributed by atoms with van der Waals surface area (Å²) < 4.78 is 40.0. The molecule has 2 aromatic rings. The monoisotopic (exact) mass is 488 g/mol. The normalized spacial score (nSPS) is 23.6. The van der Waals surface area contributed by atoms with Gasteiger partial charge in [0, 0.05) is 12.1 Å². The number of sulfonamides is 1. The fourth-order valence-corrected chi connectivity index (χ4v) is 6.65. The Labute approximate surface area is 198 Å². The third kappa shape index (κ3) is 3.96. The van der Waals surface area contributed by atoms with Crippen molar-refractivity contribution < 1.29 is 32.6 Å². The van der Waals surface area contributed by atoms with Gasteiger partial charge in [-0.25, -0.2) is 8.42 Å². The molecular formula is C24H28N2O7S. The van der Waals surface area contributed by atoms with Crippen LogP contribution in [-0.4, -0.2) is 45.7 Å². The molecule has 2 aromatic carbocycles. The molecule has 34 heavy (non-hydrogen) atoms. The standard InChI is InChI=1S/C24H28N2O7S/c1-13-9-10-15-7-5-6-8-17(15)26(13)34(30,31)20-11-16(18(32-3)12-19(20)33-4)25-23(27)21-14(2)22(21)24(28)29/h5-8,11-14,21-22H,9-10H2,1-4H3,(H,25,27)(H,28,29)/t13?,14?,21-,22-/m1/s1. The lowest BCUT2D eigenvalue weighted by atomic mass is 9.99. The third-order valence-electron chi connectivity index (χ3n) is 6.71. The van der Waals surface area contributed by atoms with Gasteiger partial charge in [-0.05, 0) is 43.4 Å². The number of fused-ring (bicyclic) bond motifs is 1. The second-order valence-corrected chi connectivity index (χ2v) is 10.5. The van der Waals surface area contributed by atoms with Gasteiger partial charge >= 0.3 is 5.97 Å². The lowest BCUT2D eigenvalue weighted by Gasteiger charge is -2.36. The largest absolute Gasteiger partial charge is 0.495 e. The van der Waals surface area contributed by atoms with Gasteiger partial charge in [-0.2, -0.15) is 0 Å². The first-order valence-corrected chi connectivity index (χ1v) is 12.5. The van der Waals surface area contributed by atoms with E-state index in [1.807, 2.05) is 19.1 Å². The molecule has 182 valence electrons. The fourth-order valence-electron chi connectivity index (χ4n) is 4.76.